The number of aliphatic carboxylic acids is 1. The summed E-state index contributed by atoms with van der Waals surface area (Å²) in [6.07, 6.45) is 0. The number of hydrogen-bond acceptors (Lipinski definition) is 3. The zero-order valence-electron chi connectivity index (χ0n) is 9.31. The van der Waals surface area contributed by atoms with Crippen LogP contribution in [-0.4, -0.2) is 24.8 Å². The molecule has 1 atom stereocenters. The molecule has 0 aliphatic heterocycles. The monoisotopic (exact) mass is 246 g/mol. The molecule has 0 radical (unpaired) electrons. The van der Waals surface area contributed by atoms with E-state index in [9.17, 15) is 13.6 Å². The van der Waals surface area contributed by atoms with Crippen LogP contribution in [-0.2, 0) is 15.1 Å². The van der Waals surface area contributed by atoms with Crippen molar-refractivity contribution in [1.82, 2.24) is 0 Å². The summed E-state index contributed by atoms with van der Waals surface area (Å²) in [6.45, 7) is -1.76. The van der Waals surface area contributed by atoms with Crippen molar-refractivity contribution in [2.24, 2.45) is 0 Å². The van der Waals surface area contributed by atoms with Gasteiger partial charge in [0.1, 0.15) is 5.75 Å². The van der Waals surface area contributed by atoms with Crippen molar-refractivity contribution in [3.05, 3.63) is 29.8 Å². The Morgan fingerprint density at radius 3 is 2.47 bits per heavy atom. The summed E-state index contributed by atoms with van der Waals surface area (Å²) < 4.78 is 33.5. The molecule has 0 saturated heterocycles. The molecule has 1 rings (SSSR count). The van der Waals surface area contributed by atoms with Gasteiger partial charge in [0, 0.05) is 12.7 Å². The van der Waals surface area contributed by atoms with Gasteiger partial charge in [-0.1, -0.05) is 18.2 Å². The fourth-order valence-corrected chi connectivity index (χ4v) is 1.37. The first-order valence-electron chi connectivity index (χ1n) is 4.74. The SMILES string of the molecule is COC(C)(C(=O)O)c1ccccc1OC(F)F. The quantitative estimate of drug-likeness (QED) is 0.865. The van der Waals surface area contributed by atoms with Crippen LogP contribution in [0.2, 0.25) is 0 Å². The molecule has 1 aromatic carbocycles. The topological polar surface area (TPSA) is 55.8 Å². The van der Waals surface area contributed by atoms with E-state index >= 15 is 0 Å². The zero-order valence-corrected chi connectivity index (χ0v) is 9.31. The summed E-state index contributed by atoms with van der Waals surface area (Å²) >= 11 is 0. The third-order valence-electron chi connectivity index (χ3n) is 2.43. The molecule has 0 heterocycles. The highest BCUT2D eigenvalue weighted by Crippen LogP contribution is 2.33. The van der Waals surface area contributed by atoms with E-state index < -0.39 is 18.2 Å². The summed E-state index contributed by atoms with van der Waals surface area (Å²) in [5.41, 5.74) is -1.69. The number of ether oxygens (including phenoxy) is 2. The van der Waals surface area contributed by atoms with Crippen molar-refractivity contribution < 1.29 is 28.2 Å². The van der Waals surface area contributed by atoms with Gasteiger partial charge in [-0.05, 0) is 13.0 Å². The molecular weight excluding hydrogens is 234 g/mol. The van der Waals surface area contributed by atoms with Gasteiger partial charge in [-0.15, -0.1) is 0 Å². The van der Waals surface area contributed by atoms with E-state index in [2.05, 4.69) is 4.74 Å². The molecule has 1 N–H and O–H groups in total. The van der Waals surface area contributed by atoms with E-state index in [1.807, 2.05) is 0 Å². The second kappa shape index (κ2) is 5.09. The number of benzene rings is 1. The van der Waals surface area contributed by atoms with E-state index in [0.29, 0.717) is 0 Å². The summed E-state index contributed by atoms with van der Waals surface area (Å²) in [4.78, 5) is 11.1. The van der Waals surface area contributed by atoms with Crippen LogP contribution in [0.4, 0.5) is 8.78 Å². The molecule has 0 spiro atoms. The van der Waals surface area contributed by atoms with Gasteiger partial charge in [0.2, 0.25) is 0 Å². The molecular formula is C11H12F2O4. The molecule has 17 heavy (non-hydrogen) atoms. The summed E-state index contributed by atoms with van der Waals surface area (Å²) in [5, 5.41) is 9.08. The van der Waals surface area contributed by atoms with E-state index in [1.165, 1.54) is 38.3 Å². The first kappa shape index (κ1) is 13.4. The number of methoxy groups -OCH3 is 1. The Labute approximate surface area is 96.8 Å². The van der Waals surface area contributed by atoms with Gasteiger partial charge in [0.05, 0.1) is 0 Å². The van der Waals surface area contributed by atoms with Crippen LogP contribution in [0.5, 0.6) is 5.75 Å². The van der Waals surface area contributed by atoms with Gasteiger partial charge in [-0.25, -0.2) is 4.79 Å². The van der Waals surface area contributed by atoms with Crippen LogP contribution >= 0.6 is 0 Å². The Morgan fingerprint density at radius 1 is 1.41 bits per heavy atom. The molecule has 1 unspecified atom stereocenters. The largest absolute Gasteiger partial charge is 0.479 e. The lowest BCUT2D eigenvalue weighted by atomic mass is 9.95. The predicted octanol–water partition coefficient (Wildman–Crippen LogP) is 2.23. The van der Waals surface area contributed by atoms with E-state index in [-0.39, 0.29) is 11.3 Å². The minimum Gasteiger partial charge on any atom is -0.479 e. The standard InChI is InChI=1S/C11H12F2O4/c1-11(16-2,9(14)15)7-5-3-4-6-8(7)17-10(12)13/h3-6,10H,1-2H3,(H,14,15). The Kier molecular flexibility index (Phi) is 4.01. The van der Waals surface area contributed by atoms with Crippen LogP contribution in [0, 0.1) is 0 Å². The molecule has 0 amide bonds. The van der Waals surface area contributed by atoms with Gasteiger partial charge in [0.15, 0.2) is 5.60 Å². The number of carboxylic acid groups (broad SMARTS) is 1. The number of para-hydroxylation sites is 1. The highest BCUT2D eigenvalue weighted by Gasteiger charge is 2.38. The molecule has 0 aromatic heterocycles. The summed E-state index contributed by atoms with van der Waals surface area (Å²) in [5.74, 6) is -1.50. The van der Waals surface area contributed by atoms with Crippen LogP contribution in [0.25, 0.3) is 0 Å². The molecule has 1 aromatic rings. The third kappa shape index (κ3) is 2.71. The second-order valence-electron chi connectivity index (χ2n) is 3.42. The van der Waals surface area contributed by atoms with Gasteiger partial charge in [0.25, 0.3) is 0 Å². The number of rotatable bonds is 5. The van der Waals surface area contributed by atoms with Crippen LogP contribution in [0.3, 0.4) is 0 Å². The van der Waals surface area contributed by atoms with Crippen molar-refractivity contribution in [2.75, 3.05) is 7.11 Å². The lowest BCUT2D eigenvalue weighted by Crippen LogP contribution is -2.35. The normalized spacial score (nSPS) is 14.4. The molecule has 0 saturated carbocycles. The number of carboxylic acids is 1. The number of carbonyl (C=O) groups is 1. The average Bonchev–Trinajstić information content (AvgIpc) is 2.27. The lowest BCUT2D eigenvalue weighted by Gasteiger charge is -2.25. The van der Waals surface area contributed by atoms with Crippen molar-refractivity contribution in [3.8, 4) is 5.75 Å². The third-order valence-corrected chi connectivity index (χ3v) is 2.43. The number of halogens is 2. The van der Waals surface area contributed by atoms with Gasteiger partial charge in [-0.2, -0.15) is 8.78 Å². The molecule has 0 fully saturated rings. The highest BCUT2D eigenvalue weighted by atomic mass is 19.3. The molecule has 4 nitrogen and oxygen atoms in total. The Morgan fingerprint density at radius 2 is 2.00 bits per heavy atom. The lowest BCUT2D eigenvalue weighted by molar-refractivity contribution is -0.162. The van der Waals surface area contributed by atoms with Gasteiger partial charge in [-0.3, -0.25) is 0 Å². The molecule has 0 aliphatic carbocycles. The second-order valence-corrected chi connectivity index (χ2v) is 3.42. The average molecular weight is 246 g/mol. The number of hydrogen-bond donors (Lipinski definition) is 1. The Hall–Kier alpha value is -1.69. The maximum Gasteiger partial charge on any atom is 0.387 e. The van der Waals surface area contributed by atoms with Gasteiger partial charge < -0.3 is 14.6 Å². The van der Waals surface area contributed by atoms with Crippen molar-refractivity contribution in [2.45, 2.75) is 19.1 Å². The Balaban J connectivity index is 3.24. The molecule has 94 valence electrons. The summed E-state index contributed by atoms with van der Waals surface area (Å²) in [6, 6.07) is 5.63. The maximum absolute atomic E-state index is 12.2. The van der Waals surface area contributed by atoms with Crippen LogP contribution in [0.1, 0.15) is 12.5 Å². The minimum atomic E-state index is -3.02. The first-order valence-corrected chi connectivity index (χ1v) is 4.74. The van der Waals surface area contributed by atoms with Crippen molar-refractivity contribution in [1.29, 1.82) is 0 Å². The zero-order chi connectivity index (χ0) is 13.1. The fraction of sp³-hybridized carbons (Fsp3) is 0.364. The smallest absolute Gasteiger partial charge is 0.387 e. The Bertz CT molecular complexity index is 408. The van der Waals surface area contributed by atoms with Crippen LogP contribution < -0.4 is 4.74 Å². The maximum atomic E-state index is 12.2. The van der Waals surface area contributed by atoms with E-state index in [1.54, 1.807) is 0 Å². The fourth-order valence-electron chi connectivity index (χ4n) is 1.37. The predicted molar refractivity (Wildman–Crippen MR) is 55.1 cm³/mol. The van der Waals surface area contributed by atoms with Crippen molar-refractivity contribution in [3.63, 3.8) is 0 Å². The van der Waals surface area contributed by atoms with E-state index in [0.717, 1.165) is 0 Å². The van der Waals surface area contributed by atoms with E-state index in [4.69, 9.17) is 9.84 Å². The molecule has 0 bridgehead atoms. The van der Waals surface area contributed by atoms with Crippen molar-refractivity contribution >= 4 is 5.97 Å². The number of alkyl halides is 2. The molecule has 0 aliphatic rings. The summed E-state index contributed by atoms with van der Waals surface area (Å²) in [7, 11) is 1.19. The minimum absolute atomic E-state index is 0.0373. The first-order chi connectivity index (χ1) is 7.91. The van der Waals surface area contributed by atoms with Crippen LogP contribution in [0.15, 0.2) is 24.3 Å². The van der Waals surface area contributed by atoms with Gasteiger partial charge >= 0.3 is 12.6 Å². The molecule has 6 heteroatoms. The highest BCUT2D eigenvalue weighted by molar-refractivity contribution is 5.80.